The molecule has 0 bridgehead atoms. The molecule has 0 fully saturated rings. The summed E-state index contributed by atoms with van der Waals surface area (Å²) in [7, 11) is -0.814. The second-order valence-corrected chi connectivity index (χ2v) is 5.80. The zero-order valence-corrected chi connectivity index (χ0v) is 10.9. The van der Waals surface area contributed by atoms with Crippen LogP contribution in [-0.4, -0.2) is 12.1 Å². The summed E-state index contributed by atoms with van der Waals surface area (Å²) in [4.78, 5) is 1.14. The molecule has 1 unspecified atom stereocenters. The topological polar surface area (TPSA) is 29.5 Å². The molecule has 0 saturated heterocycles. The van der Waals surface area contributed by atoms with Gasteiger partial charge in [-0.2, -0.15) is 0 Å². The average molecular weight is 266 g/mol. The van der Waals surface area contributed by atoms with Gasteiger partial charge < -0.3 is 9.68 Å². The van der Waals surface area contributed by atoms with E-state index in [0.717, 1.165) is 15.9 Å². The molecule has 19 heavy (non-hydrogen) atoms. The Bertz CT molecular complexity index is 719. The van der Waals surface area contributed by atoms with Crippen LogP contribution in [0.1, 0.15) is 16.5 Å². The second-order valence-electron chi connectivity index (χ2n) is 4.68. The van der Waals surface area contributed by atoms with E-state index >= 15 is 0 Å². The smallest absolute Gasteiger partial charge is 0.423 e. The molecule has 1 aliphatic heterocycles. The Kier molecular flexibility index (Phi) is 2.48. The van der Waals surface area contributed by atoms with Gasteiger partial charge in [-0.05, 0) is 28.5 Å². The van der Waals surface area contributed by atoms with Crippen molar-refractivity contribution in [1.82, 2.24) is 0 Å². The number of thiophene rings is 1. The van der Waals surface area contributed by atoms with E-state index in [1.807, 2.05) is 36.4 Å². The largest absolute Gasteiger partial charge is 0.492 e. The fourth-order valence-electron chi connectivity index (χ4n) is 2.60. The van der Waals surface area contributed by atoms with E-state index in [-0.39, 0.29) is 6.10 Å². The summed E-state index contributed by atoms with van der Waals surface area (Å²) in [5, 5.41) is 11.2. The third kappa shape index (κ3) is 1.72. The molecule has 2 nitrogen and oxygen atoms in total. The van der Waals surface area contributed by atoms with E-state index in [9.17, 15) is 5.02 Å². The normalized spacial score (nSPS) is 17.9. The Hall–Kier alpha value is -1.62. The molecule has 1 atom stereocenters. The van der Waals surface area contributed by atoms with E-state index in [4.69, 9.17) is 4.65 Å². The van der Waals surface area contributed by atoms with Crippen molar-refractivity contribution in [3.05, 3.63) is 65.0 Å². The van der Waals surface area contributed by atoms with Crippen LogP contribution in [0.5, 0.6) is 0 Å². The monoisotopic (exact) mass is 266 g/mol. The van der Waals surface area contributed by atoms with E-state index < -0.39 is 7.12 Å². The van der Waals surface area contributed by atoms with Crippen LogP contribution in [0.2, 0.25) is 0 Å². The summed E-state index contributed by atoms with van der Waals surface area (Å²) in [6.45, 7) is 0. The first kappa shape index (κ1) is 11.2. The second kappa shape index (κ2) is 4.20. The van der Waals surface area contributed by atoms with E-state index in [0.29, 0.717) is 0 Å². The van der Waals surface area contributed by atoms with Gasteiger partial charge in [0.25, 0.3) is 0 Å². The molecular weight excluding hydrogens is 255 g/mol. The molecule has 0 spiro atoms. The van der Waals surface area contributed by atoms with Gasteiger partial charge >= 0.3 is 7.12 Å². The van der Waals surface area contributed by atoms with Crippen molar-refractivity contribution in [2.45, 2.75) is 6.10 Å². The van der Waals surface area contributed by atoms with Gasteiger partial charge in [-0.25, -0.2) is 0 Å². The maximum atomic E-state index is 9.97. The van der Waals surface area contributed by atoms with E-state index in [1.165, 1.54) is 10.1 Å². The van der Waals surface area contributed by atoms with Crippen LogP contribution >= 0.6 is 11.3 Å². The SMILES string of the molecule is OB1OC(c2cc3ccccc3s2)c2ccccc21. The van der Waals surface area contributed by atoms with Gasteiger partial charge in [-0.3, -0.25) is 0 Å². The van der Waals surface area contributed by atoms with Gasteiger partial charge in [-0.15, -0.1) is 11.3 Å². The highest BCUT2D eigenvalue weighted by molar-refractivity contribution is 7.19. The van der Waals surface area contributed by atoms with Crippen molar-refractivity contribution in [3.63, 3.8) is 0 Å². The lowest BCUT2D eigenvalue weighted by atomic mass is 9.79. The summed E-state index contributed by atoms with van der Waals surface area (Å²) in [6, 6.07) is 18.3. The number of fused-ring (bicyclic) bond motifs is 2. The lowest BCUT2D eigenvalue weighted by Crippen LogP contribution is -2.27. The minimum atomic E-state index is -0.814. The minimum Gasteiger partial charge on any atom is -0.423 e. The van der Waals surface area contributed by atoms with Crippen molar-refractivity contribution in [1.29, 1.82) is 0 Å². The molecule has 4 rings (SSSR count). The highest BCUT2D eigenvalue weighted by Gasteiger charge is 2.36. The van der Waals surface area contributed by atoms with Gasteiger partial charge in [0.15, 0.2) is 0 Å². The van der Waals surface area contributed by atoms with Gasteiger partial charge in [-0.1, -0.05) is 42.5 Å². The maximum Gasteiger partial charge on any atom is 0.492 e. The highest BCUT2D eigenvalue weighted by atomic mass is 32.1. The quantitative estimate of drug-likeness (QED) is 0.686. The first-order chi connectivity index (χ1) is 9.33. The zero-order chi connectivity index (χ0) is 12.8. The highest BCUT2D eigenvalue weighted by Crippen LogP contribution is 2.37. The Labute approximate surface area is 115 Å². The summed E-state index contributed by atoms with van der Waals surface area (Å²) in [5.74, 6) is 0. The summed E-state index contributed by atoms with van der Waals surface area (Å²) in [5.41, 5.74) is 1.95. The molecule has 0 saturated carbocycles. The lowest BCUT2D eigenvalue weighted by Gasteiger charge is -2.09. The van der Waals surface area contributed by atoms with E-state index in [1.54, 1.807) is 11.3 Å². The maximum absolute atomic E-state index is 9.97. The van der Waals surface area contributed by atoms with Crippen molar-refractivity contribution in [2.75, 3.05) is 0 Å². The lowest BCUT2D eigenvalue weighted by molar-refractivity contribution is 0.230. The number of benzene rings is 2. The van der Waals surface area contributed by atoms with Crippen molar-refractivity contribution in [2.24, 2.45) is 0 Å². The molecule has 2 aromatic carbocycles. The van der Waals surface area contributed by atoms with Gasteiger partial charge in [0.2, 0.25) is 0 Å². The molecule has 3 aromatic rings. The fourth-order valence-corrected chi connectivity index (χ4v) is 3.72. The molecule has 0 amide bonds. The van der Waals surface area contributed by atoms with Gasteiger partial charge in [0, 0.05) is 9.58 Å². The Morgan fingerprint density at radius 1 is 1.05 bits per heavy atom. The molecule has 1 aromatic heterocycles. The Balaban J connectivity index is 1.85. The zero-order valence-electron chi connectivity index (χ0n) is 10.1. The van der Waals surface area contributed by atoms with E-state index in [2.05, 4.69) is 18.2 Å². The Morgan fingerprint density at radius 3 is 2.74 bits per heavy atom. The van der Waals surface area contributed by atoms with Crippen LogP contribution in [0, 0.1) is 0 Å². The first-order valence-corrected chi connectivity index (χ1v) is 7.05. The molecule has 2 heterocycles. The third-order valence-corrected chi connectivity index (χ3v) is 4.67. The van der Waals surface area contributed by atoms with Crippen molar-refractivity contribution < 1.29 is 9.68 Å². The van der Waals surface area contributed by atoms with Crippen molar-refractivity contribution in [3.8, 4) is 0 Å². The minimum absolute atomic E-state index is 0.149. The van der Waals surface area contributed by atoms with Gasteiger partial charge in [0.05, 0.1) is 0 Å². The van der Waals surface area contributed by atoms with Crippen molar-refractivity contribution >= 4 is 34.0 Å². The number of rotatable bonds is 1. The summed E-state index contributed by atoms with van der Waals surface area (Å²) < 4.78 is 6.96. The number of hydrogen-bond acceptors (Lipinski definition) is 3. The van der Waals surface area contributed by atoms with Crippen LogP contribution in [0.15, 0.2) is 54.6 Å². The van der Waals surface area contributed by atoms with Crippen LogP contribution in [0.4, 0.5) is 0 Å². The molecule has 4 heteroatoms. The molecule has 1 N–H and O–H groups in total. The predicted molar refractivity (Wildman–Crippen MR) is 78.8 cm³/mol. The standard InChI is InChI=1S/C15H11BO2S/c17-16-12-7-3-2-6-11(12)15(18-16)14-9-10-5-1-4-8-13(10)19-14/h1-9,15,17H. The average Bonchev–Trinajstić information content (AvgIpc) is 3.01. The predicted octanol–water partition coefficient (Wildman–Crippen LogP) is 2.71. The summed E-state index contributed by atoms with van der Waals surface area (Å²) in [6.07, 6.45) is -0.149. The van der Waals surface area contributed by atoms with Crippen LogP contribution in [-0.2, 0) is 4.65 Å². The number of hydrogen-bond donors (Lipinski definition) is 1. The molecular formula is C15H11BO2S. The molecule has 0 aliphatic carbocycles. The molecule has 92 valence electrons. The fraction of sp³-hybridized carbons (Fsp3) is 0.0667. The first-order valence-electron chi connectivity index (χ1n) is 6.24. The molecule has 1 aliphatic rings. The van der Waals surface area contributed by atoms with Crippen LogP contribution in [0.25, 0.3) is 10.1 Å². The van der Waals surface area contributed by atoms with Crippen LogP contribution in [0.3, 0.4) is 0 Å². The van der Waals surface area contributed by atoms with Crippen LogP contribution < -0.4 is 5.46 Å². The Morgan fingerprint density at radius 2 is 1.84 bits per heavy atom. The van der Waals surface area contributed by atoms with Gasteiger partial charge in [0.1, 0.15) is 6.10 Å². The molecule has 0 radical (unpaired) electrons. The third-order valence-electron chi connectivity index (χ3n) is 3.51. The summed E-state index contributed by atoms with van der Waals surface area (Å²) >= 11 is 1.72.